The largest absolute Gasteiger partial charge is 0.332 e. The van der Waals surface area contributed by atoms with Crippen molar-refractivity contribution < 1.29 is 4.79 Å². The zero-order valence-corrected chi connectivity index (χ0v) is 13.6. The molecular weight excluding hydrogens is 292 g/mol. The first-order chi connectivity index (χ1) is 9.45. The van der Waals surface area contributed by atoms with Crippen LogP contribution in [0.1, 0.15) is 39.2 Å². The van der Waals surface area contributed by atoms with Crippen LogP contribution < -0.4 is 10.6 Å². The predicted octanol–water partition coefficient (Wildman–Crippen LogP) is 3.09. The van der Waals surface area contributed by atoms with Crippen LogP contribution in [0.15, 0.2) is 5.38 Å². The van der Waals surface area contributed by atoms with Gasteiger partial charge in [0.15, 0.2) is 0 Å². The first-order valence-corrected chi connectivity index (χ1v) is 8.04. The number of carbonyl (C=O) groups excluding carboxylic acids is 1. The number of carbonyl (C=O) groups is 1. The molecular formula is C13H18N4OS2. The maximum Gasteiger partial charge on any atom is 0.315 e. The predicted molar refractivity (Wildman–Crippen MR) is 82.2 cm³/mol. The molecule has 0 saturated heterocycles. The van der Waals surface area contributed by atoms with Crippen molar-refractivity contribution in [2.75, 3.05) is 0 Å². The number of hydrogen-bond donors (Lipinski definition) is 2. The van der Waals surface area contributed by atoms with Crippen molar-refractivity contribution in [3.8, 4) is 0 Å². The van der Waals surface area contributed by atoms with E-state index in [9.17, 15) is 4.79 Å². The molecule has 0 bridgehead atoms. The third kappa shape index (κ3) is 3.77. The van der Waals surface area contributed by atoms with Gasteiger partial charge in [-0.1, -0.05) is 0 Å². The number of urea groups is 1. The number of aromatic nitrogens is 2. The topological polar surface area (TPSA) is 66.9 Å². The van der Waals surface area contributed by atoms with Gasteiger partial charge in [0.2, 0.25) is 0 Å². The standard InChI is InChI=1S/C13H18N4OS2/c1-7-6-19-12(15-7)8(2)16-13(18)14-5-11-9(3)20-10(4)17-11/h6,8H,5H2,1-4H3,(H2,14,16,18). The molecule has 1 atom stereocenters. The Morgan fingerprint density at radius 3 is 2.65 bits per heavy atom. The highest BCUT2D eigenvalue weighted by Gasteiger charge is 2.13. The van der Waals surface area contributed by atoms with Gasteiger partial charge in [-0.2, -0.15) is 0 Å². The zero-order valence-electron chi connectivity index (χ0n) is 12.0. The van der Waals surface area contributed by atoms with Gasteiger partial charge in [-0.25, -0.2) is 14.8 Å². The number of amides is 2. The molecule has 2 N–H and O–H groups in total. The summed E-state index contributed by atoms with van der Waals surface area (Å²) >= 11 is 3.20. The van der Waals surface area contributed by atoms with Crippen LogP contribution in [0.4, 0.5) is 4.79 Å². The Hall–Kier alpha value is -1.47. The van der Waals surface area contributed by atoms with Crippen LogP contribution in [-0.4, -0.2) is 16.0 Å². The van der Waals surface area contributed by atoms with E-state index in [1.54, 1.807) is 22.7 Å². The summed E-state index contributed by atoms with van der Waals surface area (Å²) in [5, 5.41) is 9.62. The highest BCUT2D eigenvalue weighted by molar-refractivity contribution is 7.11. The van der Waals surface area contributed by atoms with E-state index in [1.807, 2.05) is 33.1 Å². The Labute approximate surface area is 126 Å². The van der Waals surface area contributed by atoms with E-state index in [0.29, 0.717) is 6.54 Å². The van der Waals surface area contributed by atoms with Crippen molar-refractivity contribution in [1.82, 2.24) is 20.6 Å². The molecule has 7 heteroatoms. The monoisotopic (exact) mass is 310 g/mol. The lowest BCUT2D eigenvalue weighted by Gasteiger charge is -2.12. The highest BCUT2D eigenvalue weighted by Crippen LogP contribution is 2.18. The Morgan fingerprint density at radius 1 is 1.35 bits per heavy atom. The van der Waals surface area contributed by atoms with E-state index in [-0.39, 0.29) is 12.1 Å². The van der Waals surface area contributed by atoms with Crippen molar-refractivity contribution in [2.24, 2.45) is 0 Å². The summed E-state index contributed by atoms with van der Waals surface area (Å²) < 4.78 is 0. The first-order valence-electron chi connectivity index (χ1n) is 6.35. The zero-order chi connectivity index (χ0) is 14.7. The number of nitrogens with one attached hydrogen (secondary N) is 2. The minimum Gasteiger partial charge on any atom is -0.332 e. The number of thiazole rings is 2. The summed E-state index contributed by atoms with van der Waals surface area (Å²) in [7, 11) is 0. The van der Waals surface area contributed by atoms with E-state index in [0.717, 1.165) is 26.3 Å². The van der Waals surface area contributed by atoms with Crippen LogP contribution in [0.25, 0.3) is 0 Å². The molecule has 2 aromatic rings. The van der Waals surface area contributed by atoms with Gasteiger partial charge in [0.05, 0.1) is 23.3 Å². The first kappa shape index (κ1) is 14.9. The summed E-state index contributed by atoms with van der Waals surface area (Å²) in [5.74, 6) is 0. The van der Waals surface area contributed by atoms with Crippen molar-refractivity contribution in [3.05, 3.63) is 31.7 Å². The molecule has 5 nitrogen and oxygen atoms in total. The van der Waals surface area contributed by atoms with E-state index in [4.69, 9.17) is 0 Å². The van der Waals surface area contributed by atoms with Gasteiger partial charge in [-0.05, 0) is 27.7 Å². The third-order valence-corrected chi connectivity index (χ3v) is 4.84. The lowest BCUT2D eigenvalue weighted by molar-refractivity contribution is 0.237. The second-order valence-corrected chi connectivity index (χ2v) is 6.91. The number of nitrogens with zero attached hydrogens (tertiary/aromatic N) is 2. The molecule has 20 heavy (non-hydrogen) atoms. The molecule has 0 aliphatic rings. The molecule has 0 saturated carbocycles. The Morgan fingerprint density at radius 2 is 2.10 bits per heavy atom. The molecule has 0 aliphatic heterocycles. The molecule has 1 unspecified atom stereocenters. The van der Waals surface area contributed by atoms with Crippen LogP contribution in [0.2, 0.25) is 0 Å². The lowest BCUT2D eigenvalue weighted by Crippen LogP contribution is -2.36. The summed E-state index contributed by atoms with van der Waals surface area (Å²) in [6.45, 7) is 8.30. The van der Waals surface area contributed by atoms with Gasteiger partial charge >= 0.3 is 6.03 Å². The van der Waals surface area contributed by atoms with Gasteiger partial charge in [0.25, 0.3) is 0 Å². The molecule has 2 aromatic heterocycles. The smallest absolute Gasteiger partial charge is 0.315 e. The van der Waals surface area contributed by atoms with Crippen LogP contribution in [0, 0.1) is 20.8 Å². The molecule has 2 heterocycles. The van der Waals surface area contributed by atoms with Crippen molar-refractivity contribution in [3.63, 3.8) is 0 Å². The minimum atomic E-state index is -0.199. The second-order valence-electron chi connectivity index (χ2n) is 4.61. The fourth-order valence-electron chi connectivity index (χ4n) is 1.78. The quantitative estimate of drug-likeness (QED) is 0.912. The Kier molecular flexibility index (Phi) is 4.72. The van der Waals surface area contributed by atoms with Crippen LogP contribution >= 0.6 is 22.7 Å². The van der Waals surface area contributed by atoms with Gasteiger partial charge in [-0.3, -0.25) is 0 Å². The fraction of sp³-hybridized carbons (Fsp3) is 0.462. The number of aryl methyl sites for hydroxylation is 3. The average molecular weight is 310 g/mol. The van der Waals surface area contributed by atoms with Gasteiger partial charge < -0.3 is 10.6 Å². The Balaban J connectivity index is 1.85. The molecule has 108 valence electrons. The highest BCUT2D eigenvalue weighted by atomic mass is 32.1. The summed E-state index contributed by atoms with van der Waals surface area (Å²) in [5.41, 5.74) is 1.91. The van der Waals surface area contributed by atoms with E-state index in [1.165, 1.54) is 0 Å². The van der Waals surface area contributed by atoms with Crippen molar-refractivity contribution in [1.29, 1.82) is 0 Å². The SMILES string of the molecule is Cc1csc(C(C)NC(=O)NCc2nc(C)sc2C)n1. The summed E-state index contributed by atoms with van der Waals surface area (Å²) in [4.78, 5) is 21.8. The maximum atomic E-state index is 11.9. The van der Waals surface area contributed by atoms with E-state index in [2.05, 4.69) is 20.6 Å². The van der Waals surface area contributed by atoms with Crippen molar-refractivity contribution >= 4 is 28.7 Å². The molecule has 0 spiro atoms. The van der Waals surface area contributed by atoms with E-state index < -0.39 is 0 Å². The van der Waals surface area contributed by atoms with Gasteiger partial charge in [-0.15, -0.1) is 22.7 Å². The Bertz CT molecular complexity index is 605. The van der Waals surface area contributed by atoms with Crippen LogP contribution in [0.5, 0.6) is 0 Å². The van der Waals surface area contributed by atoms with Crippen LogP contribution in [-0.2, 0) is 6.54 Å². The number of hydrogen-bond acceptors (Lipinski definition) is 5. The lowest BCUT2D eigenvalue weighted by atomic mass is 10.3. The molecule has 0 aliphatic carbocycles. The van der Waals surface area contributed by atoms with Gasteiger partial charge in [0, 0.05) is 16.0 Å². The van der Waals surface area contributed by atoms with Crippen LogP contribution in [0.3, 0.4) is 0 Å². The summed E-state index contributed by atoms with van der Waals surface area (Å²) in [6, 6.07) is -0.289. The minimum absolute atomic E-state index is 0.0908. The van der Waals surface area contributed by atoms with Gasteiger partial charge in [0.1, 0.15) is 5.01 Å². The molecule has 2 amide bonds. The average Bonchev–Trinajstić information content (AvgIpc) is 2.93. The second kappa shape index (κ2) is 6.32. The summed E-state index contributed by atoms with van der Waals surface area (Å²) in [6.07, 6.45) is 0. The molecule has 0 radical (unpaired) electrons. The number of rotatable bonds is 4. The fourth-order valence-corrected chi connectivity index (χ4v) is 3.42. The van der Waals surface area contributed by atoms with Crippen molar-refractivity contribution in [2.45, 2.75) is 40.3 Å². The molecule has 0 aromatic carbocycles. The molecule has 0 fully saturated rings. The normalized spacial score (nSPS) is 12.2. The maximum absolute atomic E-state index is 11.9. The molecule has 2 rings (SSSR count). The third-order valence-electron chi connectivity index (χ3n) is 2.77. The van der Waals surface area contributed by atoms with E-state index >= 15 is 0 Å².